The van der Waals surface area contributed by atoms with Crippen molar-refractivity contribution >= 4 is 62.1 Å². The lowest BCUT2D eigenvalue weighted by atomic mass is 9.98. The highest BCUT2D eigenvalue weighted by atomic mass is 79.9. The van der Waals surface area contributed by atoms with Crippen LogP contribution in [0.2, 0.25) is 0 Å². The first-order valence-electron chi connectivity index (χ1n) is 23.0. The number of Topliss-reactive ketones (excluding diaryl/α,β-unsaturated/α-hetero) is 1. The highest BCUT2D eigenvalue weighted by molar-refractivity contribution is 9.10. The van der Waals surface area contributed by atoms with Gasteiger partial charge < -0.3 is 26.2 Å². The van der Waals surface area contributed by atoms with Gasteiger partial charge in [0.15, 0.2) is 17.1 Å². The molecule has 2 fully saturated rings. The molecule has 0 unspecified atom stereocenters. The highest BCUT2D eigenvalue weighted by Gasteiger charge is 2.27. The topological polar surface area (TPSA) is 171 Å². The minimum Gasteiger partial charge on any atom is -0.389 e. The molecule has 13 nitrogen and oxygen atoms in total. The molecule has 0 atom stereocenters. The second-order valence-electron chi connectivity index (χ2n) is 19.6. The zero-order chi connectivity index (χ0) is 47.8. The Labute approximate surface area is 404 Å². The van der Waals surface area contributed by atoms with E-state index in [4.69, 9.17) is 5.10 Å². The van der Waals surface area contributed by atoms with Crippen molar-refractivity contribution in [2.45, 2.75) is 121 Å². The van der Waals surface area contributed by atoms with Gasteiger partial charge >= 0.3 is 0 Å². The Morgan fingerprint density at radius 3 is 1.87 bits per heavy atom. The minimum absolute atomic E-state index is 0.0202. The highest BCUT2D eigenvalue weighted by Crippen LogP contribution is 2.36. The van der Waals surface area contributed by atoms with E-state index in [-0.39, 0.29) is 11.7 Å². The number of nitrogens with zero attached hydrogens (tertiary/aromatic N) is 6. The van der Waals surface area contributed by atoms with Crippen LogP contribution >= 0.6 is 27.7 Å². The van der Waals surface area contributed by atoms with Crippen molar-refractivity contribution in [3.8, 4) is 22.5 Å². The second kappa shape index (κ2) is 19.5. The summed E-state index contributed by atoms with van der Waals surface area (Å²) in [4.78, 5) is 35.5. The Morgan fingerprint density at radius 1 is 0.761 bits per heavy atom. The number of ketones is 1. The van der Waals surface area contributed by atoms with Crippen LogP contribution in [0.3, 0.4) is 0 Å². The van der Waals surface area contributed by atoms with Gasteiger partial charge in [-0.3, -0.25) is 9.59 Å². The fourth-order valence-electron chi connectivity index (χ4n) is 7.67. The summed E-state index contributed by atoms with van der Waals surface area (Å²) in [5.74, 6) is 1.23. The zero-order valence-corrected chi connectivity index (χ0v) is 41.8. The van der Waals surface area contributed by atoms with E-state index in [1.807, 2.05) is 73.1 Å². The number of aryl methyl sites for hydroxylation is 2. The molecule has 350 valence electrons. The summed E-state index contributed by atoms with van der Waals surface area (Å²) >= 11 is 5.06. The van der Waals surface area contributed by atoms with Crippen LogP contribution in [0.1, 0.15) is 117 Å². The summed E-state index contributed by atoms with van der Waals surface area (Å²) in [5, 5.41) is 40.4. The van der Waals surface area contributed by atoms with Gasteiger partial charge in [-0.2, -0.15) is 10.2 Å². The average Bonchev–Trinajstić information content (AvgIpc) is 4.18. The van der Waals surface area contributed by atoms with Crippen molar-refractivity contribution in [3.63, 3.8) is 0 Å². The molecule has 2 aliphatic carbocycles. The van der Waals surface area contributed by atoms with Gasteiger partial charge in [-0.25, -0.2) is 19.0 Å². The number of hydrogen-bond acceptors (Lipinski definition) is 11. The molecule has 1 amide bonds. The molecule has 5 N–H and O–H groups in total. The van der Waals surface area contributed by atoms with E-state index in [2.05, 4.69) is 85.1 Å². The molecule has 0 radical (unpaired) electrons. The third-order valence-electron chi connectivity index (χ3n) is 11.7. The van der Waals surface area contributed by atoms with Crippen LogP contribution in [-0.2, 0) is 0 Å². The van der Waals surface area contributed by atoms with E-state index in [0.717, 1.165) is 73.3 Å². The third kappa shape index (κ3) is 12.1. The zero-order valence-electron chi connectivity index (χ0n) is 39.4. The van der Waals surface area contributed by atoms with Crippen LogP contribution in [0.15, 0.2) is 99.7 Å². The second-order valence-corrected chi connectivity index (χ2v) is 21.5. The van der Waals surface area contributed by atoms with Gasteiger partial charge in [-0.1, -0.05) is 55.9 Å². The SMILES string of the molecule is Cc1cc(-c2cnc3c(NCC(C)(C)O)cc(Br)nn23)ccc1C(=O)CC1CC1.Cc1cc(-c2cnc3c(NCC(C)(C)O)cc(Sc4cccc(C(C)C)c4)nn23)ccc1C(=O)NC1CC1. The van der Waals surface area contributed by atoms with Crippen LogP contribution in [0, 0.1) is 19.8 Å². The summed E-state index contributed by atoms with van der Waals surface area (Å²) in [6.07, 6.45) is 8.71. The van der Waals surface area contributed by atoms with Crippen LogP contribution in [-0.4, -0.2) is 81.4 Å². The van der Waals surface area contributed by atoms with Crippen molar-refractivity contribution in [1.82, 2.24) is 34.5 Å². The maximum Gasteiger partial charge on any atom is 0.251 e. The van der Waals surface area contributed by atoms with Crippen LogP contribution in [0.4, 0.5) is 11.4 Å². The molecule has 0 saturated heterocycles. The van der Waals surface area contributed by atoms with Gasteiger partial charge in [0.1, 0.15) is 9.63 Å². The van der Waals surface area contributed by atoms with Gasteiger partial charge in [0.25, 0.3) is 5.91 Å². The van der Waals surface area contributed by atoms with Crippen LogP contribution < -0.4 is 16.0 Å². The van der Waals surface area contributed by atoms with E-state index in [9.17, 15) is 19.8 Å². The standard InChI is InChI=1S/C30H35N5O2S.C22H25BrN4O2/c1-18(2)20-7-6-8-23(14-20)38-27-15-25(32-17-30(4,5)37)28-31-16-26(35(28)34-27)21-9-12-24(19(3)13-21)29(36)33-22-10-11-22;1-13-8-15(6-7-16(13)19(28)9-14-4-5-14)18-11-24-21-17(25-12-22(2,3)29)10-20(23)26-27(18)21/h6-9,12-16,18,22,32,37H,10-11,17H2,1-5H3,(H,33,36);6-8,10-11,14,25,29H,4-5,9,12H2,1-3H3. The van der Waals surface area contributed by atoms with E-state index in [0.29, 0.717) is 58.8 Å². The summed E-state index contributed by atoms with van der Waals surface area (Å²) < 4.78 is 4.28. The number of carbonyl (C=O) groups excluding carboxylic acids is 2. The third-order valence-corrected chi connectivity index (χ3v) is 13.0. The molecule has 4 aromatic heterocycles. The van der Waals surface area contributed by atoms with E-state index in [1.165, 1.54) is 18.4 Å². The average molecular weight is 987 g/mol. The molecule has 0 spiro atoms. The maximum atomic E-state index is 12.6. The van der Waals surface area contributed by atoms with Crippen molar-refractivity contribution < 1.29 is 19.8 Å². The quantitative estimate of drug-likeness (QED) is 0.0584. The first-order valence-corrected chi connectivity index (χ1v) is 24.6. The molecule has 15 heteroatoms. The van der Waals surface area contributed by atoms with Crippen molar-refractivity contribution in [2.75, 3.05) is 23.7 Å². The largest absolute Gasteiger partial charge is 0.389 e. The molecule has 9 rings (SSSR count). The van der Waals surface area contributed by atoms with Crippen LogP contribution in [0.5, 0.6) is 0 Å². The fraction of sp³-hybridized carbons (Fsp3) is 0.385. The monoisotopic (exact) mass is 985 g/mol. The number of nitrogens with one attached hydrogen (secondary N) is 3. The molecule has 67 heavy (non-hydrogen) atoms. The molecule has 0 bridgehead atoms. The van der Waals surface area contributed by atoms with E-state index >= 15 is 0 Å². The summed E-state index contributed by atoms with van der Waals surface area (Å²) in [6, 6.07) is 24.4. The molecule has 0 aliphatic heterocycles. The number of aliphatic hydroxyl groups is 2. The summed E-state index contributed by atoms with van der Waals surface area (Å²) in [6.45, 7) is 16.1. The Morgan fingerprint density at radius 2 is 1.33 bits per heavy atom. The van der Waals surface area contributed by atoms with Gasteiger partial charge in [0, 0.05) is 52.7 Å². The first-order chi connectivity index (χ1) is 31.8. The van der Waals surface area contributed by atoms with Gasteiger partial charge in [-0.05, 0) is 154 Å². The van der Waals surface area contributed by atoms with Crippen molar-refractivity contribution in [2.24, 2.45) is 5.92 Å². The lowest BCUT2D eigenvalue weighted by Crippen LogP contribution is -2.29. The lowest BCUT2D eigenvalue weighted by molar-refractivity contribution is 0.0939. The molecule has 3 aromatic carbocycles. The molecule has 2 saturated carbocycles. The smallest absolute Gasteiger partial charge is 0.251 e. The number of halogens is 1. The number of rotatable bonds is 16. The summed E-state index contributed by atoms with van der Waals surface area (Å²) in [7, 11) is 0. The maximum absolute atomic E-state index is 12.6. The number of imidazole rings is 2. The number of aromatic nitrogens is 6. The van der Waals surface area contributed by atoms with Gasteiger partial charge in [0.05, 0.1) is 46.4 Å². The van der Waals surface area contributed by atoms with Gasteiger partial charge in [-0.15, -0.1) is 0 Å². The normalized spacial score (nSPS) is 14.0. The van der Waals surface area contributed by atoms with Crippen molar-refractivity contribution in [1.29, 1.82) is 0 Å². The number of hydrogen-bond donors (Lipinski definition) is 5. The molecular weight excluding hydrogens is 927 g/mol. The van der Waals surface area contributed by atoms with Crippen LogP contribution in [0.25, 0.3) is 33.8 Å². The van der Waals surface area contributed by atoms with E-state index in [1.54, 1.807) is 50.2 Å². The minimum atomic E-state index is -0.886. The number of fused-ring (bicyclic) bond motifs is 2. The predicted molar refractivity (Wildman–Crippen MR) is 270 cm³/mol. The molecule has 7 aromatic rings. The predicted octanol–water partition coefficient (Wildman–Crippen LogP) is 10.7. The Hall–Kier alpha value is -5.61. The molecule has 2 aliphatic rings. The first kappa shape index (κ1) is 47.9. The summed E-state index contributed by atoms with van der Waals surface area (Å²) in [5.41, 5.74) is 9.43. The Balaban J connectivity index is 0.000000188. The van der Waals surface area contributed by atoms with Crippen molar-refractivity contribution in [3.05, 3.63) is 118 Å². The molecule has 4 heterocycles. The van der Waals surface area contributed by atoms with Gasteiger partial charge in [0.2, 0.25) is 0 Å². The number of amides is 1. The van der Waals surface area contributed by atoms with E-state index < -0.39 is 11.2 Å². The lowest BCUT2D eigenvalue weighted by Gasteiger charge is -2.19. The number of benzene rings is 3. The number of anilines is 2. The Kier molecular flexibility index (Phi) is 14.0. The fourth-order valence-corrected chi connectivity index (χ4v) is 8.94. The molecular formula is C52H60BrN9O4S. The number of carbonyl (C=O) groups is 2. The Bertz CT molecular complexity index is 2960.